The standard InChI is InChI=1S/C16H25N3O2/c1-2-3-12-21-13-10-18-16(20)15-5-4-11-19(15)14-6-8-17-9-7-14/h2,4-5,11,14,17H,1,3,6-10,12-13H2,(H,18,20). The van der Waals surface area contributed by atoms with Crippen LogP contribution in [0, 0.1) is 0 Å². The molecule has 1 amide bonds. The first-order chi connectivity index (χ1) is 10.3. The van der Waals surface area contributed by atoms with E-state index in [1.165, 1.54) is 0 Å². The van der Waals surface area contributed by atoms with Crippen molar-refractivity contribution in [3.63, 3.8) is 0 Å². The number of carbonyl (C=O) groups is 1. The molecule has 0 spiro atoms. The van der Waals surface area contributed by atoms with E-state index in [4.69, 9.17) is 4.74 Å². The third kappa shape index (κ3) is 4.72. The molecule has 5 heteroatoms. The number of nitrogens with one attached hydrogen (secondary N) is 2. The van der Waals surface area contributed by atoms with Gasteiger partial charge in [-0.15, -0.1) is 6.58 Å². The smallest absolute Gasteiger partial charge is 0.267 e. The molecule has 1 aromatic heterocycles. The largest absolute Gasteiger partial charge is 0.379 e. The van der Waals surface area contributed by atoms with Crippen LogP contribution in [-0.4, -0.2) is 43.3 Å². The molecule has 116 valence electrons. The van der Waals surface area contributed by atoms with Crippen LogP contribution in [0.2, 0.25) is 0 Å². The van der Waals surface area contributed by atoms with Gasteiger partial charge in [0.05, 0.1) is 13.2 Å². The second-order valence-corrected chi connectivity index (χ2v) is 5.23. The summed E-state index contributed by atoms with van der Waals surface area (Å²) in [6.07, 6.45) is 6.81. The summed E-state index contributed by atoms with van der Waals surface area (Å²) in [5.41, 5.74) is 0.744. The lowest BCUT2D eigenvalue weighted by Crippen LogP contribution is -2.33. The first-order valence-electron chi connectivity index (χ1n) is 7.67. The zero-order valence-corrected chi connectivity index (χ0v) is 12.5. The second-order valence-electron chi connectivity index (χ2n) is 5.23. The highest BCUT2D eigenvalue weighted by atomic mass is 16.5. The summed E-state index contributed by atoms with van der Waals surface area (Å²) in [7, 11) is 0. The molecule has 0 aromatic carbocycles. The molecule has 1 aliphatic rings. The van der Waals surface area contributed by atoms with E-state index in [1.54, 1.807) is 0 Å². The number of rotatable bonds is 8. The highest BCUT2D eigenvalue weighted by molar-refractivity contribution is 5.92. The van der Waals surface area contributed by atoms with Crippen LogP contribution < -0.4 is 10.6 Å². The average molecular weight is 291 g/mol. The maximum Gasteiger partial charge on any atom is 0.267 e. The van der Waals surface area contributed by atoms with E-state index in [0.29, 0.717) is 25.8 Å². The average Bonchev–Trinajstić information content (AvgIpc) is 3.01. The zero-order valence-electron chi connectivity index (χ0n) is 12.5. The van der Waals surface area contributed by atoms with Crippen LogP contribution >= 0.6 is 0 Å². The number of ether oxygens (including phenoxy) is 1. The van der Waals surface area contributed by atoms with Crippen LogP contribution in [0.15, 0.2) is 31.0 Å². The Morgan fingerprint density at radius 2 is 2.29 bits per heavy atom. The minimum Gasteiger partial charge on any atom is -0.379 e. The molecule has 1 saturated heterocycles. The molecule has 1 aliphatic heterocycles. The van der Waals surface area contributed by atoms with Gasteiger partial charge in [-0.05, 0) is 44.5 Å². The fourth-order valence-corrected chi connectivity index (χ4v) is 2.59. The van der Waals surface area contributed by atoms with Crippen molar-refractivity contribution in [1.29, 1.82) is 0 Å². The van der Waals surface area contributed by atoms with Gasteiger partial charge in [-0.25, -0.2) is 0 Å². The topological polar surface area (TPSA) is 55.3 Å². The summed E-state index contributed by atoms with van der Waals surface area (Å²) in [5.74, 6) is -0.0224. The van der Waals surface area contributed by atoms with Gasteiger partial charge in [-0.3, -0.25) is 4.79 Å². The first-order valence-corrected chi connectivity index (χ1v) is 7.67. The molecule has 21 heavy (non-hydrogen) atoms. The monoisotopic (exact) mass is 291 g/mol. The SMILES string of the molecule is C=CCCOCCNC(=O)c1cccn1C1CCNCC1. The van der Waals surface area contributed by atoms with Crippen LogP contribution in [0.3, 0.4) is 0 Å². The van der Waals surface area contributed by atoms with Gasteiger partial charge < -0.3 is 19.9 Å². The lowest BCUT2D eigenvalue weighted by atomic mass is 10.1. The van der Waals surface area contributed by atoms with E-state index >= 15 is 0 Å². The van der Waals surface area contributed by atoms with Crippen molar-refractivity contribution in [3.8, 4) is 0 Å². The lowest BCUT2D eigenvalue weighted by Gasteiger charge is -2.25. The minimum absolute atomic E-state index is 0.0224. The number of piperidine rings is 1. The van der Waals surface area contributed by atoms with E-state index in [9.17, 15) is 4.79 Å². The van der Waals surface area contributed by atoms with Gasteiger partial charge >= 0.3 is 0 Å². The maximum absolute atomic E-state index is 12.2. The van der Waals surface area contributed by atoms with Crippen molar-refractivity contribution in [1.82, 2.24) is 15.2 Å². The lowest BCUT2D eigenvalue weighted by molar-refractivity contribution is 0.0905. The molecule has 0 bridgehead atoms. The summed E-state index contributed by atoms with van der Waals surface area (Å²) in [6.45, 7) is 7.40. The number of hydrogen-bond donors (Lipinski definition) is 2. The molecule has 5 nitrogen and oxygen atoms in total. The molecule has 1 fully saturated rings. The van der Waals surface area contributed by atoms with E-state index in [1.807, 2.05) is 24.4 Å². The number of aromatic nitrogens is 1. The van der Waals surface area contributed by atoms with Crippen LogP contribution in [0.4, 0.5) is 0 Å². The Balaban J connectivity index is 1.79. The molecule has 0 aliphatic carbocycles. The highest BCUT2D eigenvalue weighted by Gasteiger charge is 2.19. The molecule has 0 unspecified atom stereocenters. The molecule has 1 aromatic rings. The van der Waals surface area contributed by atoms with Gasteiger partial charge in [0.2, 0.25) is 0 Å². The molecule has 2 N–H and O–H groups in total. The normalized spacial score (nSPS) is 15.8. The molecule has 0 atom stereocenters. The van der Waals surface area contributed by atoms with Crippen LogP contribution in [0.25, 0.3) is 0 Å². The molecule has 2 rings (SSSR count). The zero-order chi connectivity index (χ0) is 14.9. The van der Waals surface area contributed by atoms with Gasteiger partial charge in [0, 0.05) is 18.8 Å². The van der Waals surface area contributed by atoms with Gasteiger partial charge in [0.15, 0.2) is 0 Å². The number of nitrogens with zero attached hydrogens (tertiary/aromatic N) is 1. The fraction of sp³-hybridized carbons (Fsp3) is 0.562. The van der Waals surface area contributed by atoms with Gasteiger partial charge in [0.1, 0.15) is 5.69 Å². The van der Waals surface area contributed by atoms with Crippen molar-refractivity contribution in [2.45, 2.75) is 25.3 Å². The predicted octanol–water partition coefficient (Wildman–Crippen LogP) is 1.74. The van der Waals surface area contributed by atoms with Crippen LogP contribution in [-0.2, 0) is 4.74 Å². The summed E-state index contributed by atoms with van der Waals surface area (Å²) in [5, 5.41) is 6.26. The van der Waals surface area contributed by atoms with Crippen molar-refractivity contribution < 1.29 is 9.53 Å². The van der Waals surface area contributed by atoms with Crippen molar-refractivity contribution in [2.24, 2.45) is 0 Å². The molecule has 0 radical (unpaired) electrons. The third-order valence-corrected chi connectivity index (χ3v) is 3.71. The second kappa shape index (κ2) is 8.64. The van der Waals surface area contributed by atoms with Crippen molar-refractivity contribution in [3.05, 3.63) is 36.7 Å². The summed E-state index contributed by atoms with van der Waals surface area (Å²) in [4.78, 5) is 12.2. The Kier molecular flexibility index (Phi) is 6.50. The van der Waals surface area contributed by atoms with Crippen LogP contribution in [0.1, 0.15) is 35.8 Å². The quantitative estimate of drug-likeness (QED) is 0.566. The predicted molar refractivity (Wildman–Crippen MR) is 83.5 cm³/mol. The highest BCUT2D eigenvalue weighted by Crippen LogP contribution is 2.21. The van der Waals surface area contributed by atoms with Crippen molar-refractivity contribution in [2.75, 3.05) is 32.8 Å². The van der Waals surface area contributed by atoms with E-state index in [0.717, 1.165) is 38.0 Å². The fourth-order valence-electron chi connectivity index (χ4n) is 2.59. The Labute approximate surface area is 126 Å². The molecule has 0 saturated carbocycles. The Bertz CT molecular complexity index is 450. The third-order valence-electron chi connectivity index (χ3n) is 3.71. The first kappa shape index (κ1) is 15.8. The Morgan fingerprint density at radius 3 is 3.05 bits per heavy atom. The summed E-state index contributed by atoms with van der Waals surface area (Å²) in [6, 6.07) is 4.25. The Hall–Kier alpha value is -1.59. The van der Waals surface area contributed by atoms with Gasteiger partial charge in [-0.2, -0.15) is 0 Å². The minimum atomic E-state index is -0.0224. The molecular formula is C16H25N3O2. The summed E-state index contributed by atoms with van der Waals surface area (Å²) < 4.78 is 7.49. The van der Waals surface area contributed by atoms with E-state index in [2.05, 4.69) is 21.8 Å². The molecule has 2 heterocycles. The van der Waals surface area contributed by atoms with Crippen LogP contribution in [0.5, 0.6) is 0 Å². The van der Waals surface area contributed by atoms with E-state index < -0.39 is 0 Å². The van der Waals surface area contributed by atoms with Crippen molar-refractivity contribution >= 4 is 5.91 Å². The van der Waals surface area contributed by atoms with Gasteiger partial charge in [0.25, 0.3) is 5.91 Å². The number of hydrogen-bond acceptors (Lipinski definition) is 3. The summed E-state index contributed by atoms with van der Waals surface area (Å²) >= 11 is 0. The van der Waals surface area contributed by atoms with Gasteiger partial charge in [-0.1, -0.05) is 6.08 Å². The van der Waals surface area contributed by atoms with E-state index in [-0.39, 0.29) is 5.91 Å². The molecular weight excluding hydrogens is 266 g/mol. The Morgan fingerprint density at radius 1 is 1.48 bits per heavy atom. The number of carbonyl (C=O) groups excluding carboxylic acids is 1. The number of amides is 1. The maximum atomic E-state index is 12.2.